The molecule has 2 aromatic rings. The summed E-state index contributed by atoms with van der Waals surface area (Å²) in [5, 5.41) is 3.36. The van der Waals surface area contributed by atoms with E-state index in [0.717, 1.165) is 42.1 Å². The Hall–Kier alpha value is -1.94. The van der Waals surface area contributed by atoms with Crippen LogP contribution in [0.25, 0.3) is 0 Å². The highest BCUT2D eigenvalue weighted by atomic mass is 16.5. The van der Waals surface area contributed by atoms with Gasteiger partial charge in [-0.15, -0.1) is 0 Å². The summed E-state index contributed by atoms with van der Waals surface area (Å²) in [5.74, 6) is 0.803. The van der Waals surface area contributed by atoms with Gasteiger partial charge in [0, 0.05) is 24.0 Å². The van der Waals surface area contributed by atoms with Gasteiger partial charge in [0.1, 0.15) is 5.75 Å². The topological polar surface area (TPSA) is 47.0 Å². The van der Waals surface area contributed by atoms with E-state index in [9.17, 15) is 0 Å². The van der Waals surface area contributed by atoms with Crippen molar-refractivity contribution >= 4 is 0 Å². The summed E-state index contributed by atoms with van der Waals surface area (Å²) < 4.78 is 5.78. The van der Waals surface area contributed by atoms with E-state index in [0.29, 0.717) is 6.01 Å². The van der Waals surface area contributed by atoms with Crippen molar-refractivity contribution in [3.63, 3.8) is 0 Å². The first-order valence-electron chi connectivity index (χ1n) is 7.38. The van der Waals surface area contributed by atoms with Crippen LogP contribution in [0.3, 0.4) is 0 Å². The second-order valence-corrected chi connectivity index (χ2v) is 5.31. The molecular weight excluding hydrogens is 262 g/mol. The number of aromatic nitrogens is 2. The van der Waals surface area contributed by atoms with Crippen molar-refractivity contribution in [3.8, 4) is 11.8 Å². The molecule has 0 spiro atoms. The molecular formula is C17H23N3O. The van der Waals surface area contributed by atoms with Gasteiger partial charge in [-0.3, -0.25) is 0 Å². The van der Waals surface area contributed by atoms with Gasteiger partial charge in [-0.2, -0.15) is 4.98 Å². The minimum absolute atomic E-state index is 0.402. The quantitative estimate of drug-likeness (QED) is 0.822. The van der Waals surface area contributed by atoms with Crippen LogP contribution in [0.15, 0.2) is 24.4 Å². The van der Waals surface area contributed by atoms with E-state index in [1.165, 1.54) is 5.56 Å². The van der Waals surface area contributed by atoms with Crippen LogP contribution in [0, 0.1) is 20.8 Å². The minimum atomic E-state index is 0.402. The predicted molar refractivity (Wildman–Crippen MR) is 84.8 cm³/mol. The number of nitrogens with zero attached hydrogens (tertiary/aromatic N) is 2. The van der Waals surface area contributed by atoms with Gasteiger partial charge in [-0.1, -0.05) is 24.6 Å². The van der Waals surface area contributed by atoms with E-state index in [1.54, 1.807) is 0 Å². The second kappa shape index (κ2) is 7.18. The van der Waals surface area contributed by atoms with Crippen molar-refractivity contribution in [2.45, 2.75) is 40.7 Å². The zero-order chi connectivity index (χ0) is 15.2. The predicted octanol–water partition coefficient (Wildman–Crippen LogP) is 3.69. The molecule has 1 aromatic carbocycles. The minimum Gasteiger partial charge on any atom is -0.424 e. The van der Waals surface area contributed by atoms with Gasteiger partial charge in [0.2, 0.25) is 0 Å². The molecule has 0 saturated carbocycles. The normalized spacial score (nSPS) is 10.7. The fourth-order valence-electron chi connectivity index (χ4n) is 2.11. The van der Waals surface area contributed by atoms with Gasteiger partial charge in [0.15, 0.2) is 0 Å². The molecule has 0 aliphatic carbocycles. The summed E-state index contributed by atoms with van der Waals surface area (Å²) in [5.41, 5.74) is 4.36. The van der Waals surface area contributed by atoms with Crippen LogP contribution in [0.4, 0.5) is 0 Å². The standard InChI is InChI=1S/C17H23N3O/c1-5-8-18-10-15-11-19-17(20-14(15)4)21-16-7-6-12(2)9-13(16)3/h6-7,9,11,18H,5,8,10H2,1-4H3. The lowest BCUT2D eigenvalue weighted by Gasteiger charge is -2.10. The molecule has 4 heteroatoms. The lowest BCUT2D eigenvalue weighted by Crippen LogP contribution is -2.15. The SMILES string of the molecule is CCCNCc1cnc(Oc2ccc(C)cc2C)nc1C. The molecule has 1 N–H and O–H groups in total. The van der Waals surface area contributed by atoms with Crippen molar-refractivity contribution in [2.24, 2.45) is 0 Å². The summed E-state index contributed by atoms with van der Waals surface area (Å²) in [6, 6.07) is 6.47. The van der Waals surface area contributed by atoms with Gasteiger partial charge >= 0.3 is 6.01 Å². The number of nitrogens with one attached hydrogen (secondary N) is 1. The van der Waals surface area contributed by atoms with E-state index in [2.05, 4.69) is 35.2 Å². The molecule has 1 heterocycles. The van der Waals surface area contributed by atoms with Crippen LogP contribution < -0.4 is 10.1 Å². The summed E-state index contributed by atoms with van der Waals surface area (Å²) in [7, 11) is 0. The molecule has 0 unspecified atom stereocenters. The molecule has 0 aliphatic rings. The molecule has 21 heavy (non-hydrogen) atoms. The van der Waals surface area contributed by atoms with Gasteiger partial charge < -0.3 is 10.1 Å². The van der Waals surface area contributed by atoms with Crippen LogP contribution in [-0.2, 0) is 6.54 Å². The molecule has 0 saturated heterocycles. The van der Waals surface area contributed by atoms with Crippen LogP contribution in [-0.4, -0.2) is 16.5 Å². The van der Waals surface area contributed by atoms with E-state index < -0.39 is 0 Å². The molecule has 0 bridgehead atoms. The van der Waals surface area contributed by atoms with Crippen molar-refractivity contribution in [3.05, 3.63) is 46.8 Å². The lowest BCUT2D eigenvalue weighted by molar-refractivity contribution is 0.436. The zero-order valence-electron chi connectivity index (χ0n) is 13.2. The number of rotatable bonds is 6. The Bertz CT molecular complexity index is 611. The molecule has 0 radical (unpaired) electrons. The average Bonchev–Trinajstić information content (AvgIpc) is 2.44. The number of aryl methyl sites for hydroxylation is 3. The smallest absolute Gasteiger partial charge is 0.322 e. The number of hydrogen-bond donors (Lipinski definition) is 1. The number of benzene rings is 1. The van der Waals surface area contributed by atoms with Crippen LogP contribution in [0.2, 0.25) is 0 Å². The van der Waals surface area contributed by atoms with E-state index in [4.69, 9.17) is 4.74 Å². The third kappa shape index (κ3) is 4.26. The van der Waals surface area contributed by atoms with Gasteiger partial charge in [0.25, 0.3) is 0 Å². The van der Waals surface area contributed by atoms with Crippen molar-refractivity contribution in [1.29, 1.82) is 0 Å². The summed E-state index contributed by atoms with van der Waals surface area (Å²) in [6.07, 6.45) is 2.96. The zero-order valence-corrected chi connectivity index (χ0v) is 13.2. The highest BCUT2D eigenvalue weighted by molar-refractivity contribution is 5.37. The molecule has 0 aliphatic heterocycles. The maximum atomic E-state index is 5.78. The fourth-order valence-corrected chi connectivity index (χ4v) is 2.11. The molecule has 0 atom stereocenters. The number of ether oxygens (including phenoxy) is 1. The maximum absolute atomic E-state index is 5.78. The third-order valence-corrected chi connectivity index (χ3v) is 3.33. The average molecular weight is 285 g/mol. The van der Waals surface area contributed by atoms with Gasteiger partial charge in [-0.25, -0.2) is 4.98 Å². The molecule has 1 aromatic heterocycles. The van der Waals surface area contributed by atoms with Crippen LogP contribution in [0.1, 0.15) is 35.7 Å². The van der Waals surface area contributed by atoms with Crippen molar-refractivity contribution in [2.75, 3.05) is 6.54 Å². The summed E-state index contributed by atoms with van der Waals surface area (Å²) in [4.78, 5) is 8.74. The first-order chi connectivity index (χ1) is 10.1. The van der Waals surface area contributed by atoms with Crippen molar-refractivity contribution in [1.82, 2.24) is 15.3 Å². The highest BCUT2D eigenvalue weighted by Crippen LogP contribution is 2.23. The Balaban J connectivity index is 2.09. The first kappa shape index (κ1) is 15.4. The Kier molecular flexibility index (Phi) is 5.28. The van der Waals surface area contributed by atoms with E-state index in [-0.39, 0.29) is 0 Å². The Morgan fingerprint density at radius 1 is 1.19 bits per heavy atom. The largest absolute Gasteiger partial charge is 0.424 e. The van der Waals surface area contributed by atoms with Gasteiger partial charge in [-0.05, 0) is 45.4 Å². The maximum Gasteiger partial charge on any atom is 0.322 e. The van der Waals surface area contributed by atoms with E-state index in [1.807, 2.05) is 32.2 Å². The molecule has 112 valence electrons. The van der Waals surface area contributed by atoms with Gasteiger partial charge in [0.05, 0.1) is 0 Å². The molecule has 2 rings (SSSR count). The van der Waals surface area contributed by atoms with E-state index >= 15 is 0 Å². The highest BCUT2D eigenvalue weighted by Gasteiger charge is 2.07. The summed E-state index contributed by atoms with van der Waals surface area (Å²) >= 11 is 0. The van der Waals surface area contributed by atoms with Crippen LogP contribution in [0.5, 0.6) is 11.8 Å². The Labute approximate surface area is 126 Å². The van der Waals surface area contributed by atoms with Crippen molar-refractivity contribution < 1.29 is 4.74 Å². The third-order valence-electron chi connectivity index (χ3n) is 3.33. The monoisotopic (exact) mass is 285 g/mol. The fraction of sp³-hybridized carbons (Fsp3) is 0.412. The Morgan fingerprint density at radius 3 is 2.67 bits per heavy atom. The summed E-state index contributed by atoms with van der Waals surface area (Å²) in [6.45, 7) is 10.0. The lowest BCUT2D eigenvalue weighted by atomic mass is 10.1. The molecule has 0 amide bonds. The molecule has 4 nitrogen and oxygen atoms in total. The van der Waals surface area contributed by atoms with Crippen LogP contribution >= 0.6 is 0 Å². The Morgan fingerprint density at radius 2 is 2.00 bits per heavy atom. The second-order valence-electron chi connectivity index (χ2n) is 5.31. The molecule has 0 fully saturated rings. The first-order valence-corrected chi connectivity index (χ1v) is 7.38. The number of hydrogen-bond acceptors (Lipinski definition) is 4.